The maximum Gasteiger partial charge on any atom is 0.409 e. The van der Waals surface area contributed by atoms with E-state index in [2.05, 4.69) is 0 Å². The Labute approximate surface area is 106 Å². The molecular weight excluding hydrogens is 238 g/mol. The molecule has 0 radical (unpaired) electrons. The van der Waals surface area contributed by atoms with E-state index in [1.54, 1.807) is 14.1 Å². The third-order valence-electron chi connectivity index (χ3n) is 2.01. The van der Waals surface area contributed by atoms with E-state index in [1.807, 2.05) is 30.3 Å². The summed E-state index contributed by atoms with van der Waals surface area (Å²) in [5.41, 5.74) is 0. The number of hydrogen-bond donors (Lipinski definition) is 1. The highest BCUT2D eigenvalue weighted by molar-refractivity contribution is 8.00. The molecule has 4 nitrogen and oxygen atoms in total. The molecular formula is C12H17NO3S. The molecule has 1 unspecified atom stereocenters. The first-order valence-electron chi connectivity index (χ1n) is 5.30. The van der Waals surface area contributed by atoms with Crippen molar-refractivity contribution in [1.29, 1.82) is 0 Å². The Kier molecular flexibility index (Phi) is 5.86. The van der Waals surface area contributed by atoms with Gasteiger partial charge < -0.3 is 14.7 Å². The number of rotatable bonds is 5. The lowest BCUT2D eigenvalue weighted by molar-refractivity contribution is 0.112. The molecule has 94 valence electrons. The van der Waals surface area contributed by atoms with Crippen molar-refractivity contribution in [2.75, 3.05) is 27.3 Å². The molecule has 0 fully saturated rings. The van der Waals surface area contributed by atoms with Gasteiger partial charge in [0.15, 0.2) is 0 Å². The molecule has 5 heteroatoms. The van der Waals surface area contributed by atoms with Crippen molar-refractivity contribution >= 4 is 17.9 Å². The molecule has 0 bridgehead atoms. The van der Waals surface area contributed by atoms with Crippen LogP contribution >= 0.6 is 11.8 Å². The number of amides is 1. The minimum Gasteiger partial charge on any atom is -0.448 e. The summed E-state index contributed by atoms with van der Waals surface area (Å²) in [6, 6.07) is 9.72. The molecule has 1 amide bonds. The van der Waals surface area contributed by atoms with Gasteiger partial charge in [-0.05, 0) is 12.1 Å². The normalized spacial score (nSPS) is 11.9. The Balaban J connectivity index is 2.42. The summed E-state index contributed by atoms with van der Waals surface area (Å²) >= 11 is 1.50. The molecule has 0 aromatic heterocycles. The number of aliphatic hydroxyl groups is 1. The van der Waals surface area contributed by atoms with E-state index < -0.39 is 6.09 Å². The number of thioether (sulfide) groups is 1. The summed E-state index contributed by atoms with van der Waals surface area (Å²) in [6.45, 7) is 0.174. The van der Waals surface area contributed by atoms with Crippen molar-refractivity contribution < 1.29 is 14.6 Å². The Morgan fingerprint density at radius 2 is 2.06 bits per heavy atom. The van der Waals surface area contributed by atoms with E-state index in [-0.39, 0.29) is 18.5 Å². The van der Waals surface area contributed by atoms with E-state index >= 15 is 0 Å². The molecule has 0 heterocycles. The van der Waals surface area contributed by atoms with E-state index in [1.165, 1.54) is 16.7 Å². The number of hydrogen-bond acceptors (Lipinski definition) is 4. The first kappa shape index (κ1) is 13.9. The Morgan fingerprint density at radius 3 is 2.59 bits per heavy atom. The van der Waals surface area contributed by atoms with Gasteiger partial charge in [0.2, 0.25) is 0 Å². The molecule has 1 N–H and O–H groups in total. The predicted molar refractivity (Wildman–Crippen MR) is 68.2 cm³/mol. The van der Waals surface area contributed by atoms with Gasteiger partial charge in [0.25, 0.3) is 0 Å². The molecule has 0 saturated carbocycles. The summed E-state index contributed by atoms with van der Waals surface area (Å²) in [5.74, 6) is 0. The molecule has 1 aromatic carbocycles. The average Bonchev–Trinajstić information content (AvgIpc) is 2.35. The highest BCUT2D eigenvalue weighted by Crippen LogP contribution is 2.22. The first-order chi connectivity index (χ1) is 8.13. The first-order valence-corrected chi connectivity index (χ1v) is 6.18. The Hall–Kier alpha value is -1.20. The second-order valence-electron chi connectivity index (χ2n) is 3.71. The van der Waals surface area contributed by atoms with Gasteiger partial charge in [0.1, 0.15) is 6.61 Å². The van der Waals surface area contributed by atoms with Crippen LogP contribution in [0.15, 0.2) is 35.2 Å². The van der Waals surface area contributed by atoms with Crippen LogP contribution in [0.2, 0.25) is 0 Å². The minimum atomic E-state index is -0.392. The zero-order valence-corrected chi connectivity index (χ0v) is 10.8. The maximum atomic E-state index is 11.2. The van der Waals surface area contributed by atoms with E-state index in [0.29, 0.717) is 0 Å². The molecule has 1 atom stereocenters. The number of carbonyl (C=O) groups excluding carboxylic acids is 1. The molecule has 1 rings (SSSR count). The van der Waals surface area contributed by atoms with Crippen LogP contribution < -0.4 is 0 Å². The van der Waals surface area contributed by atoms with Gasteiger partial charge in [-0.15, -0.1) is 11.8 Å². The predicted octanol–water partition coefficient (Wildman–Crippen LogP) is 1.84. The van der Waals surface area contributed by atoms with Gasteiger partial charge >= 0.3 is 6.09 Å². The van der Waals surface area contributed by atoms with Gasteiger partial charge in [-0.2, -0.15) is 0 Å². The topological polar surface area (TPSA) is 49.8 Å². The number of benzene rings is 1. The Morgan fingerprint density at radius 1 is 1.41 bits per heavy atom. The third kappa shape index (κ3) is 5.10. The summed E-state index contributed by atoms with van der Waals surface area (Å²) in [6.07, 6.45) is -0.392. The largest absolute Gasteiger partial charge is 0.448 e. The van der Waals surface area contributed by atoms with Crippen molar-refractivity contribution in [2.45, 2.75) is 10.1 Å². The summed E-state index contributed by atoms with van der Waals surface area (Å²) < 4.78 is 5.03. The molecule has 0 spiro atoms. The fourth-order valence-corrected chi connectivity index (χ4v) is 2.02. The number of carbonyl (C=O) groups is 1. The lowest BCUT2D eigenvalue weighted by atomic mass is 10.4. The number of ether oxygens (including phenoxy) is 1. The monoisotopic (exact) mass is 255 g/mol. The second-order valence-corrected chi connectivity index (χ2v) is 5.08. The van der Waals surface area contributed by atoms with Crippen LogP contribution in [0.4, 0.5) is 4.79 Å². The lowest BCUT2D eigenvalue weighted by Crippen LogP contribution is -2.27. The molecule has 17 heavy (non-hydrogen) atoms. The SMILES string of the molecule is CN(C)C(=O)OCC(CO)Sc1ccccc1. The number of nitrogens with zero attached hydrogens (tertiary/aromatic N) is 1. The fraction of sp³-hybridized carbons (Fsp3) is 0.417. The van der Waals surface area contributed by atoms with Gasteiger partial charge in [-0.3, -0.25) is 0 Å². The smallest absolute Gasteiger partial charge is 0.409 e. The molecule has 0 saturated heterocycles. The van der Waals surface area contributed by atoms with Crippen LogP contribution in [0, 0.1) is 0 Å². The highest BCUT2D eigenvalue weighted by Gasteiger charge is 2.13. The van der Waals surface area contributed by atoms with E-state index in [0.717, 1.165) is 4.90 Å². The van der Waals surface area contributed by atoms with Gasteiger partial charge in [0.05, 0.1) is 11.9 Å². The van der Waals surface area contributed by atoms with Gasteiger partial charge in [0, 0.05) is 19.0 Å². The van der Waals surface area contributed by atoms with Crippen LogP contribution in [0.1, 0.15) is 0 Å². The van der Waals surface area contributed by atoms with Crippen molar-refractivity contribution in [3.63, 3.8) is 0 Å². The number of aliphatic hydroxyl groups excluding tert-OH is 1. The van der Waals surface area contributed by atoms with Crippen molar-refractivity contribution in [2.24, 2.45) is 0 Å². The van der Waals surface area contributed by atoms with Crippen LogP contribution in [0.25, 0.3) is 0 Å². The summed E-state index contributed by atoms with van der Waals surface area (Å²) in [5, 5.41) is 9.08. The fourth-order valence-electron chi connectivity index (χ4n) is 1.11. The molecule has 0 aliphatic rings. The van der Waals surface area contributed by atoms with Gasteiger partial charge in [-0.1, -0.05) is 18.2 Å². The Bertz CT molecular complexity index is 343. The maximum absolute atomic E-state index is 11.2. The molecule has 0 aliphatic heterocycles. The van der Waals surface area contributed by atoms with E-state index in [4.69, 9.17) is 4.74 Å². The van der Waals surface area contributed by atoms with Crippen LogP contribution in [-0.2, 0) is 4.74 Å². The average molecular weight is 255 g/mol. The standard InChI is InChI=1S/C12H17NO3S/c1-13(2)12(15)16-9-11(8-14)17-10-6-4-3-5-7-10/h3-7,11,14H,8-9H2,1-2H3. The second kappa shape index (κ2) is 7.19. The lowest BCUT2D eigenvalue weighted by Gasteiger charge is -2.16. The molecule has 0 aliphatic carbocycles. The van der Waals surface area contributed by atoms with Crippen molar-refractivity contribution in [3.05, 3.63) is 30.3 Å². The quantitative estimate of drug-likeness (QED) is 0.816. The molecule has 1 aromatic rings. The van der Waals surface area contributed by atoms with Crippen LogP contribution in [0.3, 0.4) is 0 Å². The summed E-state index contributed by atoms with van der Waals surface area (Å²) in [4.78, 5) is 13.6. The third-order valence-corrected chi connectivity index (χ3v) is 3.17. The summed E-state index contributed by atoms with van der Waals surface area (Å²) in [7, 11) is 3.25. The zero-order chi connectivity index (χ0) is 12.7. The van der Waals surface area contributed by atoms with Crippen LogP contribution in [0.5, 0.6) is 0 Å². The van der Waals surface area contributed by atoms with Crippen molar-refractivity contribution in [3.8, 4) is 0 Å². The zero-order valence-electron chi connectivity index (χ0n) is 10.00. The van der Waals surface area contributed by atoms with Gasteiger partial charge in [-0.25, -0.2) is 4.79 Å². The van der Waals surface area contributed by atoms with E-state index in [9.17, 15) is 9.90 Å². The van der Waals surface area contributed by atoms with Crippen molar-refractivity contribution in [1.82, 2.24) is 4.90 Å². The minimum absolute atomic E-state index is 0.0275. The highest BCUT2D eigenvalue weighted by atomic mass is 32.2. The van der Waals surface area contributed by atoms with Crippen LogP contribution in [-0.4, -0.2) is 48.7 Å².